The predicted molar refractivity (Wildman–Crippen MR) is 166 cm³/mol. The molecule has 0 aromatic heterocycles. The van der Waals surface area contributed by atoms with Gasteiger partial charge in [-0.25, -0.2) is 0 Å². The molecule has 0 fully saturated rings. The summed E-state index contributed by atoms with van der Waals surface area (Å²) in [6.07, 6.45) is 9.27. The van der Waals surface area contributed by atoms with E-state index in [-0.39, 0.29) is 12.6 Å². The minimum atomic E-state index is -0.150. The Morgan fingerprint density at radius 2 is 0.721 bits per heavy atom. The van der Waals surface area contributed by atoms with Crippen molar-refractivity contribution < 1.29 is 52.2 Å². The van der Waals surface area contributed by atoms with E-state index in [2.05, 4.69) is 6.92 Å². The molecular weight excluding hydrogens is 584 g/mol. The van der Waals surface area contributed by atoms with Crippen LogP contribution < -0.4 is 0 Å². The minimum Gasteiger partial charge on any atom is -0.463 e. The number of carbonyl (C=O) groups is 1. The second kappa shape index (κ2) is 39.4. The van der Waals surface area contributed by atoms with Crippen molar-refractivity contribution in [3.05, 3.63) is 0 Å². The molecule has 43 heavy (non-hydrogen) atoms. The first kappa shape index (κ1) is 42.4. The van der Waals surface area contributed by atoms with Gasteiger partial charge in [0.2, 0.25) is 0 Å². The van der Waals surface area contributed by atoms with Crippen LogP contribution in [-0.2, 0) is 52.2 Å². The monoisotopic (exact) mass is 644 g/mol. The summed E-state index contributed by atoms with van der Waals surface area (Å²) >= 11 is 5.65. The average Bonchev–Trinajstić information content (AvgIpc) is 3.01. The topological polar surface area (TPSA) is 109 Å². The maximum atomic E-state index is 11.5. The van der Waals surface area contributed by atoms with E-state index in [0.717, 1.165) is 51.0 Å². The molecule has 11 nitrogen and oxygen atoms in total. The minimum absolute atomic E-state index is 0.150. The second-order valence-electron chi connectivity index (χ2n) is 9.65. The van der Waals surface area contributed by atoms with Crippen LogP contribution in [0.2, 0.25) is 0 Å². The molecule has 0 amide bonds. The lowest BCUT2D eigenvalue weighted by atomic mass is 10.2. The van der Waals surface area contributed by atoms with Crippen molar-refractivity contribution in [3.63, 3.8) is 0 Å². The lowest BCUT2D eigenvalue weighted by Gasteiger charge is -2.09. The van der Waals surface area contributed by atoms with Crippen LogP contribution in [0.5, 0.6) is 0 Å². The molecule has 0 aliphatic rings. The summed E-state index contributed by atoms with van der Waals surface area (Å²) in [5, 5.41) is 0. The average molecular weight is 645 g/mol. The van der Waals surface area contributed by atoms with Crippen LogP contribution in [0.3, 0.4) is 0 Å². The van der Waals surface area contributed by atoms with Crippen LogP contribution in [0.25, 0.3) is 0 Å². The van der Waals surface area contributed by atoms with E-state index in [1.807, 2.05) is 0 Å². The van der Waals surface area contributed by atoms with Gasteiger partial charge >= 0.3 is 5.97 Å². The van der Waals surface area contributed by atoms with Crippen molar-refractivity contribution >= 4 is 17.6 Å². The van der Waals surface area contributed by atoms with E-state index < -0.39 is 0 Å². The molecule has 0 bridgehead atoms. The summed E-state index contributed by atoms with van der Waals surface area (Å²) in [6, 6.07) is 0. The van der Waals surface area contributed by atoms with Gasteiger partial charge in [-0.05, 0) is 19.3 Å². The Morgan fingerprint density at radius 3 is 1.09 bits per heavy atom. The zero-order valence-electron chi connectivity index (χ0n) is 26.9. The van der Waals surface area contributed by atoms with Gasteiger partial charge in [0.15, 0.2) is 0 Å². The van der Waals surface area contributed by atoms with Crippen molar-refractivity contribution in [3.8, 4) is 0 Å². The highest BCUT2D eigenvalue weighted by Gasteiger charge is 2.02. The Balaban J connectivity index is 3.07. The molecule has 0 spiro atoms. The first-order valence-electron chi connectivity index (χ1n) is 16.2. The third kappa shape index (κ3) is 39.4. The highest BCUT2D eigenvalue weighted by molar-refractivity contribution is 6.17. The number of carbonyl (C=O) groups excluding carboxylic acids is 1. The van der Waals surface area contributed by atoms with Gasteiger partial charge in [0.05, 0.1) is 112 Å². The number of unbranched alkanes of at least 4 members (excludes halogenated alkanes) is 6. The number of esters is 1. The Hall–Kier alpha value is -0.600. The summed E-state index contributed by atoms with van der Waals surface area (Å²) in [4.78, 5) is 11.5. The third-order valence-corrected chi connectivity index (χ3v) is 6.14. The van der Waals surface area contributed by atoms with Gasteiger partial charge in [-0.15, -0.1) is 11.6 Å². The van der Waals surface area contributed by atoms with Crippen LogP contribution in [0.15, 0.2) is 0 Å². The Bertz CT molecular complexity index is 532. The van der Waals surface area contributed by atoms with Crippen LogP contribution >= 0.6 is 11.6 Å². The molecule has 12 heteroatoms. The van der Waals surface area contributed by atoms with E-state index in [0.29, 0.717) is 119 Å². The van der Waals surface area contributed by atoms with Crippen LogP contribution in [-0.4, -0.2) is 137 Å². The van der Waals surface area contributed by atoms with Crippen LogP contribution in [0, 0.1) is 0 Å². The SMILES string of the molecule is CCCCCCC(=O)OCCOCCOCCOCCOCCOCCOCCOCCOCCOCCCCCCCl. The fraction of sp³-hybridized carbons (Fsp3) is 0.968. The summed E-state index contributed by atoms with van der Waals surface area (Å²) in [7, 11) is 0. The number of hydrogen-bond donors (Lipinski definition) is 0. The molecule has 0 radical (unpaired) electrons. The summed E-state index contributed by atoms with van der Waals surface area (Å²) in [5.74, 6) is 0.593. The highest BCUT2D eigenvalue weighted by Crippen LogP contribution is 2.03. The maximum Gasteiger partial charge on any atom is 0.305 e. The largest absolute Gasteiger partial charge is 0.463 e. The van der Waals surface area contributed by atoms with Gasteiger partial charge < -0.3 is 47.4 Å². The number of ether oxygens (including phenoxy) is 10. The van der Waals surface area contributed by atoms with Gasteiger partial charge in [0, 0.05) is 18.9 Å². The van der Waals surface area contributed by atoms with Crippen molar-refractivity contribution in [1.29, 1.82) is 0 Å². The molecular formula is C31H61ClO11. The molecule has 0 aromatic rings. The maximum absolute atomic E-state index is 11.5. The molecule has 0 atom stereocenters. The van der Waals surface area contributed by atoms with Crippen LogP contribution in [0.1, 0.15) is 64.7 Å². The molecule has 0 aliphatic carbocycles. The molecule has 0 N–H and O–H groups in total. The molecule has 0 heterocycles. The highest BCUT2D eigenvalue weighted by atomic mass is 35.5. The van der Waals surface area contributed by atoms with Gasteiger partial charge in [-0.1, -0.05) is 39.0 Å². The molecule has 0 rings (SSSR count). The second-order valence-corrected chi connectivity index (χ2v) is 10.0. The Labute approximate surface area is 265 Å². The molecule has 0 saturated carbocycles. The Morgan fingerprint density at radius 1 is 0.395 bits per heavy atom. The first-order chi connectivity index (χ1) is 21.3. The predicted octanol–water partition coefficient (Wildman–Crippen LogP) is 4.45. The molecule has 0 aromatic carbocycles. The normalized spacial score (nSPS) is 11.4. The number of hydrogen-bond acceptors (Lipinski definition) is 11. The summed E-state index contributed by atoms with van der Waals surface area (Å²) < 4.78 is 54.3. The molecule has 0 unspecified atom stereocenters. The van der Waals surface area contributed by atoms with E-state index in [1.165, 1.54) is 12.8 Å². The van der Waals surface area contributed by atoms with Crippen LogP contribution in [0.4, 0.5) is 0 Å². The van der Waals surface area contributed by atoms with Gasteiger partial charge in [-0.3, -0.25) is 4.79 Å². The lowest BCUT2D eigenvalue weighted by molar-refractivity contribution is -0.145. The molecule has 258 valence electrons. The fourth-order valence-electron chi connectivity index (χ4n) is 3.50. The molecule has 0 saturated heterocycles. The van der Waals surface area contributed by atoms with Crippen molar-refractivity contribution in [2.75, 3.05) is 131 Å². The van der Waals surface area contributed by atoms with Gasteiger partial charge in [0.25, 0.3) is 0 Å². The summed E-state index contributed by atoms with van der Waals surface area (Å²) in [6.45, 7) is 11.9. The van der Waals surface area contributed by atoms with Crippen molar-refractivity contribution in [2.24, 2.45) is 0 Å². The lowest BCUT2D eigenvalue weighted by Crippen LogP contribution is -2.15. The zero-order chi connectivity index (χ0) is 31.2. The van der Waals surface area contributed by atoms with Crippen molar-refractivity contribution in [2.45, 2.75) is 64.7 Å². The van der Waals surface area contributed by atoms with E-state index in [1.54, 1.807) is 0 Å². The van der Waals surface area contributed by atoms with E-state index in [4.69, 9.17) is 59.0 Å². The number of alkyl halides is 1. The Kier molecular flexibility index (Phi) is 38.9. The van der Waals surface area contributed by atoms with E-state index in [9.17, 15) is 4.79 Å². The zero-order valence-corrected chi connectivity index (χ0v) is 27.6. The first-order valence-corrected chi connectivity index (χ1v) is 16.8. The fourth-order valence-corrected chi connectivity index (χ4v) is 3.69. The standard InChI is InChI=1S/C31H61ClO11/c1-2-3-4-7-10-31(33)43-30-29-42-28-27-41-26-25-40-24-23-39-22-21-38-20-19-37-18-17-36-16-15-35-14-13-34-12-9-6-5-8-11-32/h2-30H2,1H3. The quantitative estimate of drug-likeness (QED) is 0.0540. The van der Waals surface area contributed by atoms with Crippen molar-refractivity contribution in [1.82, 2.24) is 0 Å². The number of halogens is 1. The summed E-state index contributed by atoms with van der Waals surface area (Å²) in [5.41, 5.74) is 0. The number of rotatable bonds is 38. The van der Waals surface area contributed by atoms with Gasteiger partial charge in [-0.2, -0.15) is 0 Å². The molecule has 0 aliphatic heterocycles. The third-order valence-electron chi connectivity index (χ3n) is 5.87. The van der Waals surface area contributed by atoms with E-state index >= 15 is 0 Å². The van der Waals surface area contributed by atoms with Gasteiger partial charge in [0.1, 0.15) is 6.61 Å². The smallest absolute Gasteiger partial charge is 0.305 e.